The lowest BCUT2D eigenvalue weighted by Crippen LogP contribution is -2.47. The average Bonchev–Trinajstić information content (AvgIpc) is 2.48. The summed E-state index contributed by atoms with van der Waals surface area (Å²) < 4.78 is 0. The molecule has 4 nitrogen and oxygen atoms in total. The third-order valence-electron chi connectivity index (χ3n) is 3.58. The van der Waals surface area contributed by atoms with Crippen molar-refractivity contribution in [1.82, 2.24) is 15.5 Å². The van der Waals surface area contributed by atoms with Gasteiger partial charge in [0, 0.05) is 32.2 Å². The standard InChI is InChI=1S/C16H23N3O/c1-2-10-17-16(20)18-15-8-11-19(12-9-15)13-14-6-4-3-5-7-14/h2-7,15H,1,8-13H2,(H2,17,18,20). The quantitative estimate of drug-likeness (QED) is 0.807. The van der Waals surface area contributed by atoms with Crippen molar-refractivity contribution in [3.63, 3.8) is 0 Å². The fourth-order valence-electron chi connectivity index (χ4n) is 2.48. The second-order valence-corrected chi connectivity index (χ2v) is 5.18. The van der Waals surface area contributed by atoms with Crippen LogP contribution in [0.25, 0.3) is 0 Å². The molecule has 2 N–H and O–H groups in total. The first kappa shape index (κ1) is 14.6. The predicted octanol–water partition coefficient (Wildman–Crippen LogP) is 2.14. The van der Waals surface area contributed by atoms with Crippen LogP contribution in [0.3, 0.4) is 0 Å². The van der Waals surface area contributed by atoms with Crippen LogP contribution in [0.1, 0.15) is 18.4 Å². The van der Waals surface area contributed by atoms with Crippen molar-refractivity contribution in [2.75, 3.05) is 19.6 Å². The maximum Gasteiger partial charge on any atom is 0.315 e. The molecule has 0 atom stereocenters. The molecule has 1 fully saturated rings. The van der Waals surface area contributed by atoms with Gasteiger partial charge in [0.1, 0.15) is 0 Å². The number of rotatable bonds is 5. The Labute approximate surface area is 120 Å². The second-order valence-electron chi connectivity index (χ2n) is 5.18. The van der Waals surface area contributed by atoms with Crippen LogP contribution in [0, 0.1) is 0 Å². The molecule has 0 saturated carbocycles. The van der Waals surface area contributed by atoms with Crippen LogP contribution >= 0.6 is 0 Å². The lowest BCUT2D eigenvalue weighted by atomic mass is 10.0. The van der Waals surface area contributed by atoms with Crippen molar-refractivity contribution in [2.45, 2.75) is 25.4 Å². The Balaban J connectivity index is 1.70. The highest BCUT2D eigenvalue weighted by Crippen LogP contribution is 2.13. The molecule has 2 rings (SSSR count). The number of nitrogens with zero attached hydrogens (tertiary/aromatic N) is 1. The minimum atomic E-state index is -0.0913. The van der Waals surface area contributed by atoms with Crippen molar-refractivity contribution in [3.8, 4) is 0 Å². The number of urea groups is 1. The molecular weight excluding hydrogens is 250 g/mol. The molecular formula is C16H23N3O. The van der Waals surface area contributed by atoms with E-state index in [0.29, 0.717) is 6.54 Å². The van der Waals surface area contributed by atoms with Gasteiger partial charge in [0.15, 0.2) is 0 Å². The van der Waals surface area contributed by atoms with Gasteiger partial charge in [0.25, 0.3) is 0 Å². The molecule has 2 amide bonds. The fourth-order valence-corrected chi connectivity index (χ4v) is 2.48. The summed E-state index contributed by atoms with van der Waals surface area (Å²) in [5.74, 6) is 0. The SMILES string of the molecule is C=CCNC(=O)NC1CCN(Cc2ccccc2)CC1. The third-order valence-corrected chi connectivity index (χ3v) is 3.58. The van der Waals surface area contributed by atoms with Gasteiger partial charge in [-0.2, -0.15) is 0 Å². The van der Waals surface area contributed by atoms with E-state index in [1.807, 2.05) is 6.07 Å². The van der Waals surface area contributed by atoms with E-state index >= 15 is 0 Å². The number of hydrogen-bond acceptors (Lipinski definition) is 2. The number of benzene rings is 1. The number of piperidine rings is 1. The van der Waals surface area contributed by atoms with E-state index in [9.17, 15) is 4.79 Å². The Morgan fingerprint density at radius 3 is 2.65 bits per heavy atom. The molecule has 1 aliphatic heterocycles. The lowest BCUT2D eigenvalue weighted by Gasteiger charge is -2.32. The molecule has 1 aliphatic rings. The van der Waals surface area contributed by atoms with Crippen molar-refractivity contribution in [1.29, 1.82) is 0 Å². The van der Waals surface area contributed by atoms with E-state index in [-0.39, 0.29) is 12.1 Å². The van der Waals surface area contributed by atoms with Crippen LogP contribution < -0.4 is 10.6 Å². The Morgan fingerprint density at radius 2 is 2.00 bits per heavy atom. The number of hydrogen-bond donors (Lipinski definition) is 2. The molecule has 0 aliphatic carbocycles. The van der Waals surface area contributed by atoms with Crippen LogP contribution in [-0.2, 0) is 6.54 Å². The minimum absolute atomic E-state index is 0.0913. The molecule has 0 aromatic heterocycles. The molecule has 0 unspecified atom stereocenters. The largest absolute Gasteiger partial charge is 0.335 e. The second kappa shape index (κ2) is 7.70. The number of likely N-dealkylation sites (tertiary alicyclic amines) is 1. The average molecular weight is 273 g/mol. The van der Waals surface area contributed by atoms with E-state index < -0.39 is 0 Å². The number of carbonyl (C=O) groups is 1. The first-order valence-electron chi connectivity index (χ1n) is 7.19. The zero-order chi connectivity index (χ0) is 14.2. The molecule has 1 heterocycles. The molecule has 0 bridgehead atoms. The summed E-state index contributed by atoms with van der Waals surface area (Å²) in [6.07, 6.45) is 3.70. The lowest BCUT2D eigenvalue weighted by molar-refractivity contribution is 0.187. The van der Waals surface area contributed by atoms with Gasteiger partial charge in [0.2, 0.25) is 0 Å². The molecule has 1 aromatic rings. The van der Waals surface area contributed by atoms with E-state index in [0.717, 1.165) is 32.5 Å². The van der Waals surface area contributed by atoms with Gasteiger partial charge in [-0.25, -0.2) is 4.79 Å². The summed E-state index contributed by atoms with van der Waals surface area (Å²) in [4.78, 5) is 14.0. The molecule has 4 heteroatoms. The Hall–Kier alpha value is -1.81. The molecule has 0 radical (unpaired) electrons. The molecule has 1 aromatic carbocycles. The zero-order valence-electron chi connectivity index (χ0n) is 11.8. The fraction of sp³-hybridized carbons (Fsp3) is 0.438. The third kappa shape index (κ3) is 4.70. The van der Waals surface area contributed by atoms with Crippen LogP contribution in [-0.4, -0.2) is 36.6 Å². The van der Waals surface area contributed by atoms with E-state index in [1.54, 1.807) is 6.08 Å². The number of nitrogens with one attached hydrogen (secondary N) is 2. The normalized spacial score (nSPS) is 16.6. The Morgan fingerprint density at radius 1 is 1.30 bits per heavy atom. The van der Waals surface area contributed by atoms with Crippen molar-refractivity contribution < 1.29 is 4.79 Å². The molecule has 0 spiro atoms. The summed E-state index contributed by atoms with van der Waals surface area (Å²) in [7, 11) is 0. The summed E-state index contributed by atoms with van der Waals surface area (Å²) in [5, 5.41) is 5.76. The van der Waals surface area contributed by atoms with E-state index in [2.05, 4.69) is 46.4 Å². The predicted molar refractivity (Wildman–Crippen MR) is 81.5 cm³/mol. The topological polar surface area (TPSA) is 44.4 Å². The van der Waals surface area contributed by atoms with Crippen molar-refractivity contribution in [2.24, 2.45) is 0 Å². The maximum absolute atomic E-state index is 11.6. The van der Waals surface area contributed by atoms with Gasteiger partial charge in [-0.15, -0.1) is 6.58 Å². The van der Waals surface area contributed by atoms with Crippen LogP contribution in [0.4, 0.5) is 4.79 Å². The summed E-state index contributed by atoms with van der Waals surface area (Å²) in [5.41, 5.74) is 1.35. The van der Waals surface area contributed by atoms with Crippen LogP contribution in [0.15, 0.2) is 43.0 Å². The van der Waals surface area contributed by atoms with Crippen LogP contribution in [0.2, 0.25) is 0 Å². The highest BCUT2D eigenvalue weighted by Gasteiger charge is 2.20. The zero-order valence-corrected chi connectivity index (χ0v) is 11.8. The Bertz CT molecular complexity index is 425. The first-order chi connectivity index (χ1) is 9.78. The first-order valence-corrected chi connectivity index (χ1v) is 7.19. The number of amides is 2. The van der Waals surface area contributed by atoms with Gasteiger partial charge < -0.3 is 10.6 Å². The van der Waals surface area contributed by atoms with Crippen molar-refractivity contribution in [3.05, 3.63) is 48.6 Å². The molecule has 1 saturated heterocycles. The van der Waals surface area contributed by atoms with Gasteiger partial charge in [-0.3, -0.25) is 4.90 Å². The highest BCUT2D eigenvalue weighted by molar-refractivity contribution is 5.74. The van der Waals surface area contributed by atoms with Gasteiger partial charge in [-0.1, -0.05) is 36.4 Å². The Kier molecular flexibility index (Phi) is 5.62. The smallest absolute Gasteiger partial charge is 0.315 e. The molecule has 20 heavy (non-hydrogen) atoms. The molecule has 108 valence electrons. The van der Waals surface area contributed by atoms with Gasteiger partial charge in [0.05, 0.1) is 0 Å². The highest BCUT2D eigenvalue weighted by atomic mass is 16.2. The van der Waals surface area contributed by atoms with E-state index in [4.69, 9.17) is 0 Å². The van der Waals surface area contributed by atoms with Gasteiger partial charge in [-0.05, 0) is 18.4 Å². The summed E-state index contributed by atoms with van der Waals surface area (Å²) >= 11 is 0. The minimum Gasteiger partial charge on any atom is -0.335 e. The van der Waals surface area contributed by atoms with E-state index in [1.165, 1.54) is 5.56 Å². The summed E-state index contributed by atoms with van der Waals surface area (Å²) in [6.45, 7) is 7.15. The summed E-state index contributed by atoms with van der Waals surface area (Å²) in [6, 6.07) is 10.7. The maximum atomic E-state index is 11.6. The van der Waals surface area contributed by atoms with Crippen LogP contribution in [0.5, 0.6) is 0 Å². The van der Waals surface area contributed by atoms with Gasteiger partial charge >= 0.3 is 6.03 Å². The van der Waals surface area contributed by atoms with Crippen molar-refractivity contribution >= 4 is 6.03 Å². The number of carbonyl (C=O) groups excluding carboxylic acids is 1. The monoisotopic (exact) mass is 273 g/mol.